The van der Waals surface area contributed by atoms with Gasteiger partial charge in [-0.1, -0.05) is 13.8 Å². The molecule has 0 atom stereocenters. The van der Waals surface area contributed by atoms with E-state index < -0.39 is 7.60 Å². The number of rotatable bonds is 8. The van der Waals surface area contributed by atoms with Gasteiger partial charge in [-0.15, -0.1) is 0 Å². The lowest BCUT2D eigenvalue weighted by Crippen LogP contribution is -2.37. The van der Waals surface area contributed by atoms with Gasteiger partial charge in [-0.3, -0.25) is 9.46 Å². The van der Waals surface area contributed by atoms with E-state index in [1.54, 1.807) is 0 Å². The molecule has 17 heavy (non-hydrogen) atoms. The number of nitrogens with zero attached hydrogens (tertiary/aromatic N) is 1. The maximum absolute atomic E-state index is 12.5. The van der Waals surface area contributed by atoms with E-state index in [0.717, 1.165) is 25.9 Å². The Bertz CT molecular complexity index is 232. The van der Waals surface area contributed by atoms with E-state index in [1.165, 1.54) is 0 Å². The van der Waals surface area contributed by atoms with Crippen LogP contribution in [-0.2, 0) is 18.3 Å². The number of morpholine rings is 1. The molecule has 0 unspecified atom stereocenters. The number of hydrogen-bond donors (Lipinski definition) is 0. The van der Waals surface area contributed by atoms with Crippen molar-refractivity contribution in [2.24, 2.45) is 0 Å². The van der Waals surface area contributed by atoms with Gasteiger partial charge in [0.15, 0.2) is 0 Å². The molecule has 1 aliphatic heterocycles. The van der Waals surface area contributed by atoms with Crippen molar-refractivity contribution in [1.82, 2.24) is 4.90 Å². The van der Waals surface area contributed by atoms with Crippen molar-refractivity contribution in [1.29, 1.82) is 0 Å². The van der Waals surface area contributed by atoms with Crippen molar-refractivity contribution in [2.75, 3.05) is 45.8 Å². The number of hydrogen-bond acceptors (Lipinski definition) is 5. The highest BCUT2D eigenvalue weighted by atomic mass is 31.2. The molecule has 0 aromatic heterocycles. The third kappa shape index (κ3) is 5.98. The first-order valence-corrected chi connectivity index (χ1v) is 8.11. The van der Waals surface area contributed by atoms with Gasteiger partial charge in [-0.25, -0.2) is 0 Å². The van der Waals surface area contributed by atoms with Crippen molar-refractivity contribution < 1.29 is 18.3 Å². The van der Waals surface area contributed by atoms with E-state index in [9.17, 15) is 4.57 Å². The summed E-state index contributed by atoms with van der Waals surface area (Å²) in [5, 5.41) is 0. The van der Waals surface area contributed by atoms with Gasteiger partial charge in [0.05, 0.1) is 26.4 Å². The number of ether oxygens (including phenoxy) is 1. The molecular formula is C11H24NO4P. The summed E-state index contributed by atoms with van der Waals surface area (Å²) in [5.41, 5.74) is 0. The van der Waals surface area contributed by atoms with Crippen LogP contribution < -0.4 is 0 Å². The largest absolute Gasteiger partial charge is 0.379 e. The minimum absolute atomic E-state index is 0.385. The molecule has 0 radical (unpaired) electrons. The molecule has 1 rings (SSSR count). The molecule has 1 saturated heterocycles. The lowest BCUT2D eigenvalue weighted by Gasteiger charge is -2.29. The van der Waals surface area contributed by atoms with Crippen molar-refractivity contribution in [3.8, 4) is 0 Å². The Morgan fingerprint density at radius 1 is 1.12 bits per heavy atom. The molecule has 1 heterocycles. The molecule has 6 heteroatoms. The first-order valence-electron chi connectivity index (χ1n) is 6.38. The van der Waals surface area contributed by atoms with Crippen LogP contribution in [0.4, 0.5) is 0 Å². The predicted octanol–water partition coefficient (Wildman–Crippen LogP) is 2.32. The smallest absolute Gasteiger partial charge is 0.344 e. The Hall–Kier alpha value is 0.0700. The minimum Gasteiger partial charge on any atom is -0.379 e. The van der Waals surface area contributed by atoms with E-state index in [4.69, 9.17) is 13.8 Å². The molecule has 0 saturated carbocycles. The van der Waals surface area contributed by atoms with Gasteiger partial charge in [0, 0.05) is 13.1 Å². The molecule has 1 aliphatic rings. The van der Waals surface area contributed by atoms with Gasteiger partial charge in [0.25, 0.3) is 0 Å². The van der Waals surface area contributed by atoms with Crippen LogP contribution in [0.5, 0.6) is 0 Å². The lowest BCUT2D eigenvalue weighted by atomic mass is 10.5. The standard InChI is InChI=1S/C11H24NO4P/c1-3-7-15-17(13,16-8-4-2)11-12-5-9-14-10-6-12/h3-11H2,1-2H3. The van der Waals surface area contributed by atoms with E-state index >= 15 is 0 Å². The molecule has 102 valence electrons. The first-order chi connectivity index (χ1) is 8.20. The summed E-state index contributed by atoms with van der Waals surface area (Å²) in [6.45, 7) is 7.97. The van der Waals surface area contributed by atoms with Gasteiger partial charge in [-0.2, -0.15) is 0 Å². The summed E-state index contributed by atoms with van der Waals surface area (Å²) in [5.74, 6) is 0. The third-order valence-electron chi connectivity index (χ3n) is 2.46. The third-order valence-corrected chi connectivity index (χ3v) is 4.36. The maximum atomic E-state index is 12.5. The average Bonchev–Trinajstić information content (AvgIpc) is 2.35. The Morgan fingerprint density at radius 3 is 2.12 bits per heavy atom. The van der Waals surface area contributed by atoms with Crippen molar-refractivity contribution in [3.05, 3.63) is 0 Å². The summed E-state index contributed by atoms with van der Waals surface area (Å²) in [6.07, 6.45) is 2.08. The monoisotopic (exact) mass is 265 g/mol. The maximum Gasteiger partial charge on any atom is 0.344 e. The van der Waals surface area contributed by atoms with Crippen molar-refractivity contribution >= 4 is 7.60 Å². The van der Waals surface area contributed by atoms with E-state index in [1.807, 2.05) is 13.8 Å². The van der Waals surface area contributed by atoms with Gasteiger partial charge >= 0.3 is 7.60 Å². The van der Waals surface area contributed by atoms with Crippen LogP contribution in [0.3, 0.4) is 0 Å². The van der Waals surface area contributed by atoms with Gasteiger partial charge in [-0.05, 0) is 12.8 Å². The zero-order chi connectivity index (χ0) is 12.6. The second kappa shape index (κ2) is 8.22. The second-order valence-electron chi connectivity index (χ2n) is 4.15. The fraction of sp³-hybridized carbons (Fsp3) is 1.00. The summed E-state index contributed by atoms with van der Waals surface area (Å²) >= 11 is 0. The van der Waals surface area contributed by atoms with Gasteiger partial charge in [0.1, 0.15) is 6.29 Å². The summed E-state index contributed by atoms with van der Waals surface area (Å²) in [7, 11) is -2.95. The zero-order valence-corrected chi connectivity index (χ0v) is 11.8. The van der Waals surface area contributed by atoms with Gasteiger partial charge < -0.3 is 13.8 Å². The highest BCUT2D eigenvalue weighted by Crippen LogP contribution is 2.48. The first kappa shape index (κ1) is 15.1. The molecule has 0 aliphatic carbocycles. The van der Waals surface area contributed by atoms with Crippen molar-refractivity contribution in [2.45, 2.75) is 26.7 Å². The van der Waals surface area contributed by atoms with Gasteiger partial charge in [0.2, 0.25) is 0 Å². The van der Waals surface area contributed by atoms with Crippen LogP contribution >= 0.6 is 7.60 Å². The summed E-state index contributed by atoms with van der Waals surface area (Å²) in [4.78, 5) is 2.09. The topological polar surface area (TPSA) is 48.0 Å². The van der Waals surface area contributed by atoms with E-state index in [0.29, 0.717) is 32.7 Å². The molecule has 1 fully saturated rings. The molecular weight excluding hydrogens is 241 g/mol. The van der Waals surface area contributed by atoms with Crippen molar-refractivity contribution in [3.63, 3.8) is 0 Å². The zero-order valence-electron chi connectivity index (χ0n) is 10.9. The fourth-order valence-electron chi connectivity index (χ4n) is 1.57. The SMILES string of the molecule is CCCOP(=O)(CN1CCOCC1)OCCC. The normalized spacial score (nSPS) is 18.5. The molecule has 5 nitrogen and oxygen atoms in total. The van der Waals surface area contributed by atoms with Crippen LogP contribution in [0.15, 0.2) is 0 Å². The Kier molecular flexibility index (Phi) is 7.32. The fourth-order valence-corrected chi connectivity index (χ4v) is 3.50. The Morgan fingerprint density at radius 2 is 1.65 bits per heavy atom. The molecule has 0 aromatic rings. The molecule has 0 aromatic carbocycles. The second-order valence-corrected chi connectivity index (χ2v) is 6.17. The molecule has 0 bridgehead atoms. The Balaban J connectivity index is 2.45. The van der Waals surface area contributed by atoms with E-state index in [-0.39, 0.29) is 0 Å². The van der Waals surface area contributed by atoms with E-state index in [2.05, 4.69) is 4.90 Å². The lowest BCUT2D eigenvalue weighted by molar-refractivity contribution is 0.0418. The highest BCUT2D eigenvalue weighted by Gasteiger charge is 2.28. The van der Waals surface area contributed by atoms with Crippen LogP contribution in [-0.4, -0.2) is 50.7 Å². The molecule has 0 amide bonds. The predicted molar refractivity (Wildman–Crippen MR) is 67.4 cm³/mol. The van der Waals surface area contributed by atoms with Crippen LogP contribution in [0.25, 0.3) is 0 Å². The Labute approximate surface area is 104 Å². The summed E-state index contributed by atoms with van der Waals surface area (Å²) < 4.78 is 28.6. The van der Waals surface area contributed by atoms with Crippen LogP contribution in [0.2, 0.25) is 0 Å². The average molecular weight is 265 g/mol. The highest BCUT2D eigenvalue weighted by molar-refractivity contribution is 7.53. The molecule has 0 spiro atoms. The summed E-state index contributed by atoms with van der Waals surface area (Å²) in [6, 6.07) is 0. The minimum atomic E-state index is -2.95. The van der Waals surface area contributed by atoms with Crippen LogP contribution in [0.1, 0.15) is 26.7 Å². The van der Waals surface area contributed by atoms with Crippen LogP contribution in [0, 0.1) is 0 Å². The molecule has 0 N–H and O–H groups in total. The quantitative estimate of drug-likeness (QED) is 0.630.